The Hall–Kier alpha value is -1.31. The van der Waals surface area contributed by atoms with Gasteiger partial charge >= 0.3 is 5.97 Å². The van der Waals surface area contributed by atoms with Gasteiger partial charge in [-0.15, -0.1) is 0 Å². The van der Waals surface area contributed by atoms with Crippen LogP contribution in [0.1, 0.15) is 47.0 Å². The lowest BCUT2D eigenvalue weighted by Crippen LogP contribution is -2.27. The van der Waals surface area contributed by atoms with Crippen LogP contribution in [0.5, 0.6) is 0 Å². The fourth-order valence-electron chi connectivity index (χ4n) is 5.59. The Morgan fingerprint density at radius 3 is 2.82 bits per heavy atom. The van der Waals surface area contributed by atoms with Gasteiger partial charge in [0.2, 0.25) is 0 Å². The summed E-state index contributed by atoms with van der Waals surface area (Å²) in [5, 5.41) is 0. The molecule has 0 unspecified atom stereocenters. The van der Waals surface area contributed by atoms with Crippen LogP contribution in [0.3, 0.4) is 0 Å². The predicted molar refractivity (Wildman–Crippen MR) is 86.8 cm³/mol. The number of carbonyl (C=O) groups excluding carboxylic acids is 1. The van der Waals surface area contributed by atoms with Gasteiger partial charge in [0.05, 0.1) is 0 Å². The van der Waals surface area contributed by atoms with Crippen LogP contribution in [0.25, 0.3) is 0 Å². The molecule has 2 nitrogen and oxygen atoms in total. The van der Waals surface area contributed by atoms with Crippen molar-refractivity contribution in [3.05, 3.63) is 35.1 Å². The molecule has 3 aliphatic carbocycles. The highest BCUT2D eigenvalue weighted by atomic mass is 16.5. The average molecular weight is 298 g/mol. The molecule has 118 valence electrons. The van der Waals surface area contributed by atoms with Crippen molar-refractivity contribution in [3.63, 3.8) is 0 Å². The Bertz CT molecular complexity index is 620. The van der Waals surface area contributed by atoms with E-state index in [4.69, 9.17) is 4.74 Å². The van der Waals surface area contributed by atoms with Gasteiger partial charge < -0.3 is 4.74 Å². The van der Waals surface area contributed by atoms with E-state index in [9.17, 15) is 4.79 Å². The van der Waals surface area contributed by atoms with Crippen LogP contribution in [0.2, 0.25) is 0 Å². The zero-order chi connectivity index (χ0) is 15.6. The second-order valence-corrected chi connectivity index (χ2v) is 8.45. The first-order valence-corrected chi connectivity index (χ1v) is 8.69. The van der Waals surface area contributed by atoms with Crippen molar-refractivity contribution in [3.8, 4) is 0 Å². The number of allylic oxidation sites excluding steroid dienone is 4. The lowest BCUT2D eigenvalue weighted by molar-refractivity contribution is -0.133. The number of hydrogen-bond donors (Lipinski definition) is 0. The molecule has 0 N–H and O–H groups in total. The Morgan fingerprint density at radius 1 is 1.36 bits per heavy atom. The van der Waals surface area contributed by atoms with Crippen LogP contribution in [0.4, 0.5) is 0 Å². The molecule has 2 saturated carbocycles. The number of rotatable bonds is 1. The molecule has 22 heavy (non-hydrogen) atoms. The Labute approximate surface area is 133 Å². The van der Waals surface area contributed by atoms with E-state index < -0.39 is 0 Å². The van der Waals surface area contributed by atoms with E-state index in [-0.39, 0.29) is 5.97 Å². The highest BCUT2D eigenvalue weighted by molar-refractivity contribution is 5.92. The molecule has 0 aromatic carbocycles. The van der Waals surface area contributed by atoms with Crippen molar-refractivity contribution in [2.45, 2.75) is 47.0 Å². The topological polar surface area (TPSA) is 26.3 Å². The zero-order valence-electron chi connectivity index (χ0n) is 14.1. The van der Waals surface area contributed by atoms with Crippen LogP contribution in [-0.2, 0) is 9.53 Å². The number of hydrogen-bond acceptors (Lipinski definition) is 2. The van der Waals surface area contributed by atoms with Crippen LogP contribution in [-0.4, -0.2) is 5.97 Å². The monoisotopic (exact) mass is 298 g/mol. The maximum atomic E-state index is 11.6. The molecule has 0 radical (unpaired) electrons. The molecule has 4 aliphatic rings. The predicted octanol–water partition coefficient (Wildman–Crippen LogP) is 4.64. The standard InChI is InChI=1S/C20H26O2/c1-11-5-6-13-8-14-9-16(18(11)13)17(20(14,3)4)10-15-7-12(2)19(21)22-15/h6-7,10-11,14,16-18H,5,8-9H2,1-4H3/b15-10-/t11-,14+,16-,17+,18+/m1/s1. The van der Waals surface area contributed by atoms with Gasteiger partial charge in [-0.2, -0.15) is 0 Å². The molecule has 2 heteroatoms. The zero-order valence-corrected chi connectivity index (χ0v) is 14.1. The summed E-state index contributed by atoms with van der Waals surface area (Å²) in [6.07, 6.45) is 10.6. The van der Waals surface area contributed by atoms with E-state index in [0.29, 0.717) is 11.3 Å². The first-order valence-electron chi connectivity index (χ1n) is 8.69. The summed E-state index contributed by atoms with van der Waals surface area (Å²) in [6.45, 7) is 9.07. The molecule has 0 amide bonds. The van der Waals surface area contributed by atoms with Crippen molar-refractivity contribution in [2.24, 2.45) is 35.0 Å². The molecule has 2 fully saturated rings. The van der Waals surface area contributed by atoms with Crippen molar-refractivity contribution in [1.82, 2.24) is 0 Å². The minimum Gasteiger partial charge on any atom is -0.423 e. The fraction of sp³-hybridized carbons (Fsp3) is 0.650. The summed E-state index contributed by atoms with van der Waals surface area (Å²) in [7, 11) is 0. The SMILES string of the molecule is CC1=C/C(=C/[C@H]2[C@H]3C[C@H](CC4=CC[C@@H](C)[C@@H]43)C2(C)C)OC1=O. The second-order valence-electron chi connectivity index (χ2n) is 8.45. The lowest BCUT2D eigenvalue weighted by atomic mass is 9.71. The van der Waals surface area contributed by atoms with Crippen LogP contribution in [0.15, 0.2) is 35.1 Å². The van der Waals surface area contributed by atoms with Crippen LogP contribution >= 0.6 is 0 Å². The molecular weight excluding hydrogens is 272 g/mol. The number of carbonyl (C=O) groups is 1. The normalized spacial score (nSPS) is 43.9. The summed E-state index contributed by atoms with van der Waals surface area (Å²) in [5.41, 5.74) is 2.73. The minimum absolute atomic E-state index is 0.181. The lowest BCUT2D eigenvalue weighted by Gasteiger charge is -2.33. The molecule has 2 bridgehead atoms. The smallest absolute Gasteiger partial charge is 0.339 e. The first kappa shape index (κ1) is 14.3. The Kier molecular flexibility index (Phi) is 2.99. The summed E-state index contributed by atoms with van der Waals surface area (Å²) >= 11 is 0. The van der Waals surface area contributed by atoms with E-state index in [1.54, 1.807) is 5.57 Å². The van der Waals surface area contributed by atoms with Crippen molar-refractivity contribution in [2.75, 3.05) is 0 Å². The quantitative estimate of drug-likeness (QED) is 0.521. The summed E-state index contributed by atoms with van der Waals surface area (Å²) in [5.74, 6) is 4.14. The minimum atomic E-state index is -0.181. The molecule has 0 aromatic rings. The highest BCUT2D eigenvalue weighted by Gasteiger charge is 2.56. The molecule has 1 aliphatic heterocycles. The summed E-state index contributed by atoms with van der Waals surface area (Å²) in [6, 6.07) is 0. The molecule has 4 rings (SSSR count). The maximum absolute atomic E-state index is 11.6. The average Bonchev–Trinajstić information content (AvgIpc) is 3.04. The third kappa shape index (κ3) is 1.89. The number of ether oxygens (including phenoxy) is 1. The van der Waals surface area contributed by atoms with E-state index in [2.05, 4.69) is 32.9 Å². The molecule has 1 heterocycles. The van der Waals surface area contributed by atoms with Gasteiger partial charge in [0.1, 0.15) is 5.76 Å². The van der Waals surface area contributed by atoms with Crippen LogP contribution < -0.4 is 0 Å². The third-order valence-corrected chi connectivity index (χ3v) is 6.90. The third-order valence-electron chi connectivity index (χ3n) is 6.90. The van der Waals surface area contributed by atoms with Gasteiger partial charge in [0.25, 0.3) is 0 Å². The van der Waals surface area contributed by atoms with Crippen molar-refractivity contribution < 1.29 is 9.53 Å². The number of cyclic esters (lactones) is 1. The van der Waals surface area contributed by atoms with Gasteiger partial charge in [-0.05, 0) is 73.3 Å². The van der Waals surface area contributed by atoms with Crippen molar-refractivity contribution >= 4 is 5.97 Å². The maximum Gasteiger partial charge on any atom is 0.339 e. The van der Waals surface area contributed by atoms with Crippen molar-refractivity contribution in [1.29, 1.82) is 0 Å². The molecule has 0 spiro atoms. The Morgan fingerprint density at radius 2 is 2.14 bits per heavy atom. The largest absolute Gasteiger partial charge is 0.423 e. The number of esters is 1. The van der Waals surface area contributed by atoms with Gasteiger partial charge in [-0.1, -0.05) is 32.4 Å². The second kappa shape index (κ2) is 4.59. The molecule has 5 atom stereocenters. The Balaban J connectivity index is 1.71. The van der Waals surface area contributed by atoms with Gasteiger partial charge in [-0.25, -0.2) is 4.79 Å². The van der Waals surface area contributed by atoms with Gasteiger partial charge in [-0.3, -0.25) is 0 Å². The van der Waals surface area contributed by atoms with E-state index in [1.165, 1.54) is 19.3 Å². The van der Waals surface area contributed by atoms with Crippen LogP contribution in [0, 0.1) is 35.0 Å². The fourth-order valence-corrected chi connectivity index (χ4v) is 5.59. The highest BCUT2D eigenvalue weighted by Crippen LogP contribution is 2.63. The number of fused-ring (bicyclic) bond motifs is 4. The van der Waals surface area contributed by atoms with Gasteiger partial charge in [0, 0.05) is 5.57 Å². The molecule has 0 aromatic heterocycles. The van der Waals surface area contributed by atoms with Gasteiger partial charge in [0.15, 0.2) is 0 Å². The molecular formula is C20H26O2. The first-order chi connectivity index (χ1) is 10.4. The van der Waals surface area contributed by atoms with E-state index in [0.717, 1.165) is 35.0 Å². The van der Waals surface area contributed by atoms with E-state index >= 15 is 0 Å². The summed E-state index contributed by atoms with van der Waals surface area (Å²) in [4.78, 5) is 11.6. The van der Waals surface area contributed by atoms with E-state index in [1.807, 2.05) is 13.0 Å². The molecule has 0 saturated heterocycles. The summed E-state index contributed by atoms with van der Waals surface area (Å²) < 4.78 is 5.43.